The minimum atomic E-state index is -0.642. The molecule has 1 heterocycles. The van der Waals surface area contributed by atoms with E-state index in [1.54, 1.807) is 23.1 Å². The van der Waals surface area contributed by atoms with Crippen LogP contribution in [-0.2, 0) is 11.2 Å². The van der Waals surface area contributed by atoms with E-state index < -0.39 is 11.7 Å². The van der Waals surface area contributed by atoms with Crippen LogP contribution in [0.15, 0.2) is 60.7 Å². The fourth-order valence-electron chi connectivity index (χ4n) is 4.69. The lowest BCUT2D eigenvalue weighted by Gasteiger charge is -2.32. The van der Waals surface area contributed by atoms with Crippen molar-refractivity contribution in [2.45, 2.75) is 31.6 Å². The SMILES string of the molecule is COc1ccc(F)c(C(=O)N2CCC(c3ccc(NC(=O)CCc4ccccc4F)cc3)CC2)c1OC. The van der Waals surface area contributed by atoms with Crippen molar-refractivity contribution in [3.8, 4) is 11.5 Å². The summed E-state index contributed by atoms with van der Waals surface area (Å²) in [5.41, 5.74) is 2.19. The van der Waals surface area contributed by atoms with Crippen molar-refractivity contribution in [3.63, 3.8) is 0 Å². The Labute approximate surface area is 215 Å². The molecule has 1 N–H and O–H groups in total. The van der Waals surface area contributed by atoms with Crippen LogP contribution < -0.4 is 14.8 Å². The first-order chi connectivity index (χ1) is 17.9. The average Bonchev–Trinajstić information content (AvgIpc) is 2.92. The second-order valence-corrected chi connectivity index (χ2v) is 8.99. The molecule has 6 nitrogen and oxygen atoms in total. The second-order valence-electron chi connectivity index (χ2n) is 8.99. The molecule has 0 radical (unpaired) electrons. The van der Waals surface area contributed by atoms with Gasteiger partial charge in [0.2, 0.25) is 5.91 Å². The van der Waals surface area contributed by atoms with Gasteiger partial charge in [-0.25, -0.2) is 8.78 Å². The number of hydrogen-bond donors (Lipinski definition) is 1. The van der Waals surface area contributed by atoms with Gasteiger partial charge < -0.3 is 19.7 Å². The molecule has 1 aliphatic heterocycles. The minimum Gasteiger partial charge on any atom is -0.493 e. The van der Waals surface area contributed by atoms with Crippen LogP contribution in [0, 0.1) is 11.6 Å². The summed E-state index contributed by atoms with van der Waals surface area (Å²) in [4.78, 5) is 27.0. The Morgan fingerprint density at radius 3 is 2.27 bits per heavy atom. The molecule has 37 heavy (non-hydrogen) atoms. The van der Waals surface area contributed by atoms with Crippen molar-refractivity contribution in [1.29, 1.82) is 0 Å². The van der Waals surface area contributed by atoms with Crippen LogP contribution in [0.1, 0.15) is 46.7 Å². The van der Waals surface area contributed by atoms with Crippen LogP contribution in [0.25, 0.3) is 0 Å². The number of likely N-dealkylation sites (tertiary alicyclic amines) is 1. The lowest BCUT2D eigenvalue weighted by atomic mass is 9.89. The highest BCUT2D eigenvalue weighted by Gasteiger charge is 2.29. The monoisotopic (exact) mass is 508 g/mol. The van der Waals surface area contributed by atoms with E-state index in [9.17, 15) is 18.4 Å². The topological polar surface area (TPSA) is 67.9 Å². The van der Waals surface area contributed by atoms with Crippen molar-refractivity contribution >= 4 is 17.5 Å². The van der Waals surface area contributed by atoms with Gasteiger partial charge >= 0.3 is 0 Å². The molecule has 3 aromatic rings. The van der Waals surface area contributed by atoms with Crippen LogP contribution in [0.3, 0.4) is 0 Å². The Morgan fingerprint density at radius 1 is 0.919 bits per heavy atom. The number of benzene rings is 3. The van der Waals surface area contributed by atoms with Gasteiger partial charge in [-0.15, -0.1) is 0 Å². The van der Waals surface area contributed by atoms with Gasteiger partial charge in [0.25, 0.3) is 5.91 Å². The fourth-order valence-corrected chi connectivity index (χ4v) is 4.69. The third-order valence-corrected chi connectivity index (χ3v) is 6.74. The van der Waals surface area contributed by atoms with E-state index in [1.165, 1.54) is 32.4 Å². The number of rotatable bonds is 8. The summed E-state index contributed by atoms with van der Waals surface area (Å²) in [5.74, 6) is -0.894. The van der Waals surface area contributed by atoms with Crippen molar-refractivity contribution in [2.75, 3.05) is 32.6 Å². The standard InChI is InChI=1S/C29H30F2N2O4/c1-36-25-13-12-24(31)27(28(25)37-2)29(35)33-17-15-20(16-18-33)19-7-10-22(11-8-19)32-26(34)14-9-21-5-3-4-6-23(21)30/h3-8,10-13,20H,9,14-18H2,1-2H3,(H,32,34). The molecule has 0 aliphatic carbocycles. The smallest absolute Gasteiger partial charge is 0.260 e. The zero-order valence-corrected chi connectivity index (χ0v) is 20.9. The minimum absolute atomic E-state index is 0.0983. The lowest BCUT2D eigenvalue weighted by Crippen LogP contribution is -2.38. The van der Waals surface area contributed by atoms with Crippen molar-refractivity contribution in [1.82, 2.24) is 4.90 Å². The molecule has 3 aromatic carbocycles. The average molecular weight is 509 g/mol. The molecule has 0 unspecified atom stereocenters. The van der Waals surface area contributed by atoms with Crippen LogP contribution in [-0.4, -0.2) is 44.0 Å². The number of halogens is 2. The van der Waals surface area contributed by atoms with E-state index in [2.05, 4.69) is 5.32 Å². The number of nitrogens with zero attached hydrogens (tertiary/aromatic N) is 1. The van der Waals surface area contributed by atoms with E-state index in [1.807, 2.05) is 24.3 Å². The van der Waals surface area contributed by atoms with Crippen LogP contribution in [0.4, 0.5) is 14.5 Å². The van der Waals surface area contributed by atoms with Gasteiger partial charge in [-0.2, -0.15) is 0 Å². The van der Waals surface area contributed by atoms with Crippen LogP contribution in [0.5, 0.6) is 11.5 Å². The second kappa shape index (κ2) is 11.9. The molecule has 1 saturated heterocycles. The highest BCUT2D eigenvalue weighted by atomic mass is 19.1. The van der Waals surface area contributed by atoms with E-state index in [4.69, 9.17) is 9.47 Å². The lowest BCUT2D eigenvalue weighted by molar-refractivity contribution is -0.116. The molecule has 0 bridgehead atoms. The number of piperidine rings is 1. The molecule has 8 heteroatoms. The number of amides is 2. The molecule has 0 atom stereocenters. The molecular formula is C29H30F2N2O4. The third-order valence-electron chi connectivity index (χ3n) is 6.74. The summed E-state index contributed by atoms with van der Waals surface area (Å²) >= 11 is 0. The summed E-state index contributed by atoms with van der Waals surface area (Å²) in [5, 5.41) is 2.86. The Morgan fingerprint density at radius 2 is 1.62 bits per heavy atom. The summed E-state index contributed by atoms with van der Waals surface area (Å²) in [7, 11) is 2.83. The summed E-state index contributed by atoms with van der Waals surface area (Å²) in [6.07, 6.45) is 1.98. The molecule has 4 rings (SSSR count). The molecule has 1 aliphatic rings. The largest absolute Gasteiger partial charge is 0.493 e. The number of nitrogens with one attached hydrogen (secondary N) is 1. The summed E-state index contributed by atoms with van der Waals surface area (Å²) in [6.45, 7) is 0.968. The zero-order chi connectivity index (χ0) is 26.4. The normalized spacial score (nSPS) is 13.8. The molecule has 1 fully saturated rings. The van der Waals surface area contributed by atoms with Crippen molar-refractivity contribution < 1.29 is 27.8 Å². The first-order valence-corrected chi connectivity index (χ1v) is 12.2. The third kappa shape index (κ3) is 6.07. The van der Waals surface area contributed by atoms with Crippen LogP contribution >= 0.6 is 0 Å². The van der Waals surface area contributed by atoms with Crippen molar-refractivity contribution in [2.24, 2.45) is 0 Å². The van der Waals surface area contributed by atoms with E-state index in [-0.39, 0.29) is 35.4 Å². The molecule has 0 saturated carbocycles. The predicted octanol–water partition coefficient (Wildman–Crippen LogP) is 5.57. The Balaban J connectivity index is 1.32. The molecule has 0 spiro atoms. The highest BCUT2D eigenvalue weighted by molar-refractivity contribution is 5.98. The summed E-state index contributed by atoms with van der Waals surface area (Å²) < 4.78 is 38.8. The predicted molar refractivity (Wildman–Crippen MR) is 137 cm³/mol. The van der Waals surface area contributed by atoms with Crippen LogP contribution in [0.2, 0.25) is 0 Å². The number of methoxy groups -OCH3 is 2. The first-order valence-electron chi connectivity index (χ1n) is 12.2. The maximum atomic E-state index is 14.6. The van der Waals surface area contributed by atoms with Crippen molar-refractivity contribution in [3.05, 3.63) is 89.0 Å². The number of aryl methyl sites for hydroxylation is 1. The van der Waals surface area contributed by atoms with E-state index in [0.717, 1.165) is 18.4 Å². The zero-order valence-electron chi connectivity index (χ0n) is 20.9. The van der Waals surface area contributed by atoms with E-state index in [0.29, 0.717) is 36.5 Å². The number of carbonyl (C=O) groups is 2. The number of anilines is 1. The Kier molecular flexibility index (Phi) is 8.38. The molecule has 194 valence electrons. The molecule has 0 aromatic heterocycles. The molecular weight excluding hydrogens is 478 g/mol. The maximum absolute atomic E-state index is 14.6. The number of hydrogen-bond acceptors (Lipinski definition) is 4. The van der Waals surface area contributed by atoms with E-state index >= 15 is 0 Å². The summed E-state index contributed by atoms with van der Waals surface area (Å²) in [6, 6.07) is 16.7. The quantitative estimate of drug-likeness (QED) is 0.432. The van der Waals surface area contributed by atoms with Gasteiger partial charge in [-0.1, -0.05) is 30.3 Å². The Hall–Kier alpha value is -3.94. The Bertz CT molecular complexity index is 1260. The number of ether oxygens (including phenoxy) is 2. The maximum Gasteiger partial charge on any atom is 0.260 e. The first kappa shape index (κ1) is 26.1. The van der Waals surface area contributed by atoms with Gasteiger partial charge in [0.15, 0.2) is 11.5 Å². The molecule has 2 amide bonds. The fraction of sp³-hybridized carbons (Fsp3) is 0.310. The number of carbonyl (C=O) groups excluding carboxylic acids is 2. The van der Waals surface area contributed by atoms with Gasteiger partial charge in [-0.3, -0.25) is 9.59 Å². The van der Waals surface area contributed by atoms with Gasteiger partial charge in [0.05, 0.1) is 14.2 Å². The van der Waals surface area contributed by atoms with Gasteiger partial charge in [0.1, 0.15) is 17.2 Å². The van der Waals surface area contributed by atoms with Gasteiger partial charge in [0, 0.05) is 25.2 Å². The highest BCUT2D eigenvalue weighted by Crippen LogP contribution is 2.35. The van der Waals surface area contributed by atoms with Gasteiger partial charge in [-0.05, 0) is 66.6 Å².